The van der Waals surface area contributed by atoms with Crippen LogP contribution < -0.4 is 10.2 Å². The minimum Gasteiger partial charge on any atom is -0.379 e. The third-order valence-corrected chi connectivity index (χ3v) is 4.25. The monoisotopic (exact) mass is 276 g/mol. The van der Waals surface area contributed by atoms with Gasteiger partial charge < -0.3 is 15.0 Å². The van der Waals surface area contributed by atoms with E-state index in [1.54, 1.807) is 0 Å². The molecule has 2 rings (SSSR count). The van der Waals surface area contributed by atoms with Gasteiger partial charge in [-0.3, -0.25) is 0 Å². The summed E-state index contributed by atoms with van der Waals surface area (Å²) in [5, 5.41) is 3.44. The minimum absolute atomic E-state index is 0.356. The lowest BCUT2D eigenvalue weighted by Gasteiger charge is -2.37. The van der Waals surface area contributed by atoms with Gasteiger partial charge in [-0.1, -0.05) is 26.0 Å². The Morgan fingerprint density at radius 3 is 2.70 bits per heavy atom. The molecule has 0 radical (unpaired) electrons. The van der Waals surface area contributed by atoms with Crippen LogP contribution in [0.3, 0.4) is 0 Å². The van der Waals surface area contributed by atoms with Gasteiger partial charge in [0.25, 0.3) is 0 Å². The van der Waals surface area contributed by atoms with Gasteiger partial charge in [0.1, 0.15) is 0 Å². The van der Waals surface area contributed by atoms with Gasteiger partial charge in [0.15, 0.2) is 0 Å². The van der Waals surface area contributed by atoms with Crippen molar-refractivity contribution >= 4 is 5.69 Å². The first kappa shape index (κ1) is 15.3. The van der Waals surface area contributed by atoms with E-state index in [4.69, 9.17) is 4.74 Å². The Kier molecular flexibility index (Phi) is 5.86. The maximum atomic E-state index is 5.59. The van der Waals surface area contributed by atoms with Crippen molar-refractivity contribution in [3.63, 3.8) is 0 Å². The summed E-state index contributed by atoms with van der Waals surface area (Å²) < 4.78 is 5.59. The first-order valence-corrected chi connectivity index (χ1v) is 7.82. The summed E-state index contributed by atoms with van der Waals surface area (Å²) in [6, 6.07) is 8.95. The van der Waals surface area contributed by atoms with E-state index in [-0.39, 0.29) is 0 Å². The van der Waals surface area contributed by atoms with Gasteiger partial charge in [0.05, 0.1) is 6.10 Å². The van der Waals surface area contributed by atoms with Crippen LogP contribution in [0.25, 0.3) is 0 Å². The maximum absolute atomic E-state index is 5.59. The molecule has 20 heavy (non-hydrogen) atoms. The standard InChI is InChI=1S/C17H28N2O/c1-4-10-18-12-15-5-7-16(8-6-15)19-11-9-14(2)17(13-19)20-3/h5-8,14,17-18H,4,9-13H2,1-3H3. The highest BCUT2D eigenvalue weighted by Gasteiger charge is 2.25. The second-order valence-electron chi connectivity index (χ2n) is 5.83. The van der Waals surface area contributed by atoms with Crippen LogP contribution in [0.5, 0.6) is 0 Å². The molecular weight excluding hydrogens is 248 g/mol. The van der Waals surface area contributed by atoms with Crippen molar-refractivity contribution in [1.82, 2.24) is 5.32 Å². The first-order chi connectivity index (χ1) is 9.74. The van der Waals surface area contributed by atoms with Crippen molar-refractivity contribution in [2.75, 3.05) is 31.6 Å². The summed E-state index contributed by atoms with van der Waals surface area (Å²) in [4.78, 5) is 2.44. The maximum Gasteiger partial charge on any atom is 0.0772 e. The van der Waals surface area contributed by atoms with Crippen LogP contribution >= 0.6 is 0 Å². The minimum atomic E-state index is 0.356. The molecule has 0 amide bonds. The fourth-order valence-electron chi connectivity index (χ4n) is 2.81. The molecule has 1 heterocycles. The Morgan fingerprint density at radius 2 is 2.05 bits per heavy atom. The number of nitrogens with one attached hydrogen (secondary N) is 1. The number of methoxy groups -OCH3 is 1. The highest BCUT2D eigenvalue weighted by molar-refractivity contribution is 5.48. The fourth-order valence-corrected chi connectivity index (χ4v) is 2.81. The van der Waals surface area contributed by atoms with Crippen molar-refractivity contribution in [3.8, 4) is 0 Å². The third-order valence-electron chi connectivity index (χ3n) is 4.25. The highest BCUT2D eigenvalue weighted by Crippen LogP contribution is 2.25. The molecule has 3 nitrogen and oxygen atoms in total. The first-order valence-electron chi connectivity index (χ1n) is 7.82. The molecule has 0 aromatic heterocycles. The molecule has 1 fully saturated rings. The van der Waals surface area contributed by atoms with E-state index >= 15 is 0 Å². The zero-order chi connectivity index (χ0) is 14.4. The summed E-state index contributed by atoms with van der Waals surface area (Å²) in [5.74, 6) is 0.661. The number of nitrogens with zero attached hydrogens (tertiary/aromatic N) is 1. The summed E-state index contributed by atoms with van der Waals surface area (Å²) >= 11 is 0. The number of benzene rings is 1. The van der Waals surface area contributed by atoms with E-state index in [1.807, 2.05) is 7.11 Å². The molecule has 0 spiro atoms. The Bertz CT molecular complexity index is 390. The lowest BCUT2D eigenvalue weighted by molar-refractivity contribution is 0.0498. The number of hydrogen-bond acceptors (Lipinski definition) is 3. The van der Waals surface area contributed by atoms with Crippen molar-refractivity contribution < 1.29 is 4.74 Å². The van der Waals surface area contributed by atoms with E-state index in [9.17, 15) is 0 Å². The zero-order valence-corrected chi connectivity index (χ0v) is 13.1. The Morgan fingerprint density at radius 1 is 1.30 bits per heavy atom. The van der Waals surface area contributed by atoms with Gasteiger partial charge >= 0.3 is 0 Å². The molecule has 0 saturated carbocycles. The van der Waals surface area contributed by atoms with E-state index in [1.165, 1.54) is 24.1 Å². The van der Waals surface area contributed by atoms with Crippen LogP contribution in [0.2, 0.25) is 0 Å². The van der Waals surface area contributed by atoms with E-state index in [2.05, 4.69) is 48.3 Å². The predicted octanol–water partition coefficient (Wildman–Crippen LogP) is 3.05. The van der Waals surface area contributed by atoms with E-state index in [0.29, 0.717) is 12.0 Å². The van der Waals surface area contributed by atoms with Gasteiger partial charge in [-0.25, -0.2) is 0 Å². The second kappa shape index (κ2) is 7.65. The molecule has 1 aliphatic rings. The van der Waals surface area contributed by atoms with Crippen LogP contribution in [0.1, 0.15) is 32.3 Å². The number of rotatable bonds is 6. The Labute approximate surface area is 123 Å². The van der Waals surface area contributed by atoms with Crippen LogP contribution in [-0.2, 0) is 11.3 Å². The number of anilines is 1. The second-order valence-corrected chi connectivity index (χ2v) is 5.83. The van der Waals surface area contributed by atoms with Gasteiger partial charge in [0, 0.05) is 32.4 Å². The lowest BCUT2D eigenvalue weighted by atomic mass is 9.95. The molecule has 1 aromatic rings. The molecule has 1 aliphatic heterocycles. The zero-order valence-electron chi connectivity index (χ0n) is 13.1. The van der Waals surface area contributed by atoms with Crippen molar-refractivity contribution in [1.29, 1.82) is 0 Å². The molecule has 2 atom stereocenters. The summed E-state index contributed by atoms with van der Waals surface area (Å²) in [5.41, 5.74) is 2.68. The van der Waals surface area contributed by atoms with Crippen molar-refractivity contribution in [3.05, 3.63) is 29.8 Å². The Balaban J connectivity index is 1.92. The average molecular weight is 276 g/mol. The van der Waals surface area contributed by atoms with Crippen LogP contribution in [0, 0.1) is 5.92 Å². The molecule has 1 saturated heterocycles. The summed E-state index contributed by atoms with van der Waals surface area (Å²) in [6.45, 7) is 8.67. The molecule has 0 bridgehead atoms. The van der Waals surface area contributed by atoms with Gasteiger partial charge in [-0.15, -0.1) is 0 Å². The molecule has 0 aliphatic carbocycles. The quantitative estimate of drug-likeness (QED) is 0.808. The van der Waals surface area contributed by atoms with Gasteiger partial charge in [-0.05, 0) is 43.0 Å². The van der Waals surface area contributed by atoms with Gasteiger partial charge in [0.2, 0.25) is 0 Å². The number of piperidine rings is 1. The average Bonchev–Trinajstić information content (AvgIpc) is 2.49. The normalized spacial score (nSPS) is 23.1. The molecule has 112 valence electrons. The number of ether oxygens (including phenoxy) is 1. The van der Waals surface area contributed by atoms with Gasteiger partial charge in [-0.2, -0.15) is 0 Å². The summed E-state index contributed by atoms with van der Waals surface area (Å²) in [6.07, 6.45) is 2.75. The largest absolute Gasteiger partial charge is 0.379 e. The lowest BCUT2D eigenvalue weighted by Crippen LogP contribution is -2.43. The fraction of sp³-hybridized carbons (Fsp3) is 0.647. The smallest absolute Gasteiger partial charge is 0.0772 e. The van der Waals surface area contributed by atoms with Crippen molar-refractivity contribution in [2.24, 2.45) is 5.92 Å². The van der Waals surface area contributed by atoms with Crippen LogP contribution in [0.4, 0.5) is 5.69 Å². The molecule has 1 aromatic carbocycles. The molecule has 3 heteroatoms. The predicted molar refractivity (Wildman–Crippen MR) is 85.2 cm³/mol. The molecule has 1 N–H and O–H groups in total. The highest BCUT2D eigenvalue weighted by atomic mass is 16.5. The third kappa shape index (κ3) is 3.97. The van der Waals surface area contributed by atoms with Crippen LogP contribution in [0.15, 0.2) is 24.3 Å². The number of hydrogen-bond donors (Lipinski definition) is 1. The Hall–Kier alpha value is -1.06. The van der Waals surface area contributed by atoms with E-state index < -0.39 is 0 Å². The van der Waals surface area contributed by atoms with Crippen LogP contribution in [-0.4, -0.2) is 32.8 Å². The summed E-state index contributed by atoms with van der Waals surface area (Å²) in [7, 11) is 1.83. The molecule has 2 unspecified atom stereocenters. The molecular formula is C17H28N2O. The SMILES string of the molecule is CCCNCc1ccc(N2CCC(C)C(OC)C2)cc1. The topological polar surface area (TPSA) is 24.5 Å². The van der Waals surface area contributed by atoms with E-state index in [0.717, 1.165) is 26.2 Å². The van der Waals surface area contributed by atoms with Crippen molar-refractivity contribution in [2.45, 2.75) is 39.3 Å².